The molecule has 0 saturated carbocycles. The van der Waals surface area contributed by atoms with Gasteiger partial charge in [0.25, 0.3) is 0 Å². The number of aliphatic carboxylic acids is 1. The molecule has 0 aliphatic carbocycles. The summed E-state index contributed by atoms with van der Waals surface area (Å²) >= 11 is 1.50. The molecule has 1 aromatic carbocycles. The van der Waals surface area contributed by atoms with Gasteiger partial charge >= 0.3 is 5.97 Å². The van der Waals surface area contributed by atoms with Gasteiger partial charge in [-0.3, -0.25) is 4.79 Å². The summed E-state index contributed by atoms with van der Waals surface area (Å²) in [6, 6.07) is 8.11. The van der Waals surface area contributed by atoms with Crippen LogP contribution in [0.1, 0.15) is 24.6 Å². The number of aryl methyl sites for hydroxylation is 2. The molecule has 0 aliphatic heterocycles. The summed E-state index contributed by atoms with van der Waals surface area (Å²) in [4.78, 5) is 14.9. The van der Waals surface area contributed by atoms with Crippen molar-refractivity contribution in [2.75, 3.05) is 5.32 Å². The van der Waals surface area contributed by atoms with Gasteiger partial charge in [0.1, 0.15) is 0 Å². The van der Waals surface area contributed by atoms with E-state index in [-0.39, 0.29) is 6.42 Å². The minimum Gasteiger partial charge on any atom is -0.481 e. The number of carbonyl (C=O) groups is 1. The summed E-state index contributed by atoms with van der Waals surface area (Å²) in [5, 5.41) is 14.6. The quantitative estimate of drug-likeness (QED) is 0.848. The van der Waals surface area contributed by atoms with Crippen LogP contribution in [0.4, 0.5) is 10.8 Å². The normalized spacial score (nSPS) is 10.4. The van der Waals surface area contributed by atoms with Gasteiger partial charge in [0, 0.05) is 17.5 Å². The van der Waals surface area contributed by atoms with E-state index in [4.69, 9.17) is 5.11 Å². The summed E-state index contributed by atoms with van der Waals surface area (Å²) in [6.07, 6.45) is 1.55. The number of carboxylic acid groups (broad SMARTS) is 1. The van der Waals surface area contributed by atoms with Gasteiger partial charge in [-0.15, -0.1) is 11.3 Å². The Bertz CT molecular complexity index is 566. The van der Waals surface area contributed by atoms with Gasteiger partial charge < -0.3 is 10.4 Å². The summed E-state index contributed by atoms with van der Waals surface area (Å²) in [7, 11) is 0. The van der Waals surface area contributed by atoms with Gasteiger partial charge in [0.2, 0.25) is 0 Å². The van der Waals surface area contributed by atoms with Crippen molar-refractivity contribution < 1.29 is 9.90 Å². The molecule has 1 heterocycles. The fraction of sp³-hybridized carbons (Fsp3) is 0.286. The van der Waals surface area contributed by atoms with Gasteiger partial charge in [-0.25, -0.2) is 4.98 Å². The van der Waals surface area contributed by atoms with Crippen LogP contribution >= 0.6 is 11.3 Å². The largest absolute Gasteiger partial charge is 0.481 e. The van der Waals surface area contributed by atoms with Gasteiger partial charge in [-0.1, -0.05) is 25.1 Å². The molecule has 2 N–H and O–H groups in total. The summed E-state index contributed by atoms with van der Waals surface area (Å²) in [5.74, 6) is -0.793. The van der Waals surface area contributed by atoms with Gasteiger partial charge in [0.15, 0.2) is 5.13 Å². The highest BCUT2D eigenvalue weighted by Crippen LogP contribution is 2.24. The molecule has 5 heteroatoms. The summed E-state index contributed by atoms with van der Waals surface area (Å²) < 4.78 is 0. The van der Waals surface area contributed by atoms with Crippen LogP contribution in [0.2, 0.25) is 0 Å². The molecule has 0 atom stereocenters. The number of thiazole rings is 1. The SMILES string of the molecule is CCc1ccccc1Nc1nc(CCC(=O)O)cs1. The van der Waals surface area contributed by atoms with Gasteiger partial charge in [-0.2, -0.15) is 0 Å². The fourth-order valence-electron chi connectivity index (χ4n) is 1.78. The molecule has 0 amide bonds. The molecule has 100 valence electrons. The number of anilines is 2. The van der Waals surface area contributed by atoms with Crippen molar-refractivity contribution in [2.45, 2.75) is 26.2 Å². The third-order valence-electron chi connectivity index (χ3n) is 2.79. The Morgan fingerprint density at radius 1 is 1.42 bits per heavy atom. The first kappa shape index (κ1) is 13.5. The molecule has 0 radical (unpaired) electrons. The second kappa shape index (κ2) is 6.33. The highest BCUT2D eigenvalue weighted by atomic mass is 32.1. The Balaban J connectivity index is 2.05. The zero-order chi connectivity index (χ0) is 13.7. The number of nitrogens with one attached hydrogen (secondary N) is 1. The van der Waals surface area contributed by atoms with Crippen LogP contribution in [0.3, 0.4) is 0 Å². The van der Waals surface area contributed by atoms with Crippen LogP contribution in [-0.4, -0.2) is 16.1 Å². The maximum Gasteiger partial charge on any atom is 0.303 e. The molecule has 0 aliphatic rings. The van der Waals surface area contributed by atoms with Crippen LogP contribution in [0.5, 0.6) is 0 Å². The maximum absolute atomic E-state index is 10.5. The topological polar surface area (TPSA) is 62.2 Å². The highest BCUT2D eigenvalue weighted by molar-refractivity contribution is 7.13. The first-order valence-electron chi connectivity index (χ1n) is 6.20. The number of rotatable bonds is 6. The van der Waals surface area contributed by atoms with Crippen LogP contribution in [0.25, 0.3) is 0 Å². The number of carboxylic acids is 1. The Hall–Kier alpha value is -1.88. The van der Waals surface area contributed by atoms with Gasteiger partial charge in [-0.05, 0) is 18.1 Å². The molecule has 2 rings (SSSR count). The lowest BCUT2D eigenvalue weighted by atomic mass is 10.1. The smallest absolute Gasteiger partial charge is 0.303 e. The van der Waals surface area contributed by atoms with Crippen LogP contribution < -0.4 is 5.32 Å². The second-order valence-electron chi connectivity index (χ2n) is 4.17. The zero-order valence-corrected chi connectivity index (χ0v) is 11.5. The number of aromatic nitrogens is 1. The monoisotopic (exact) mass is 276 g/mol. The van der Waals surface area contributed by atoms with E-state index in [0.717, 1.165) is 22.9 Å². The summed E-state index contributed by atoms with van der Waals surface area (Å²) in [6.45, 7) is 2.11. The van der Waals surface area contributed by atoms with E-state index in [1.807, 2.05) is 23.6 Å². The Morgan fingerprint density at radius 2 is 2.21 bits per heavy atom. The number of nitrogens with zero attached hydrogens (tertiary/aromatic N) is 1. The molecule has 2 aromatic rings. The molecule has 0 unspecified atom stereocenters. The highest BCUT2D eigenvalue weighted by Gasteiger charge is 2.06. The average molecular weight is 276 g/mol. The lowest BCUT2D eigenvalue weighted by Gasteiger charge is -2.07. The van der Waals surface area contributed by atoms with E-state index in [1.54, 1.807) is 0 Å². The standard InChI is InChI=1S/C14H16N2O2S/c1-2-10-5-3-4-6-12(10)16-14-15-11(9-19-14)7-8-13(17)18/h3-6,9H,2,7-8H2,1H3,(H,15,16)(H,17,18). The average Bonchev–Trinajstić information content (AvgIpc) is 2.85. The number of hydrogen-bond donors (Lipinski definition) is 2. The van der Waals surface area contributed by atoms with Crippen molar-refractivity contribution in [3.05, 3.63) is 40.9 Å². The van der Waals surface area contributed by atoms with Crippen LogP contribution in [0, 0.1) is 0 Å². The van der Waals surface area contributed by atoms with Crippen molar-refractivity contribution in [3.63, 3.8) is 0 Å². The first-order valence-corrected chi connectivity index (χ1v) is 7.08. The molecule has 0 spiro atoms. The second-order valence-corrected chi connectivity index (χ2v) is 5.03. The molecular formula is C14H16N2O2S. The maximum atomic E-state index is 10.5. The van der Waals surface area contributed by atoms with Crippen molar-refractivity contribution >= 4 is 28.1 Å². The van der Waals surface area contributed by atoms with Crippen molar-refractivity contribution in [1.29, 1.82) is 0 Å². The predicted octanol–water partition coefficient (Wildman–Crippen LogP) is 3.47. The number of benzene rings is 1. The predicted molar refractivity (Wildman–Crippen MR) is 77.2 cm³/mol. The molecular weight excluding hydrogens is 260 g/mol. The molecule has 4 nitrogen and oxygen atoms in total. The van der Waals surface area contributed by atoms with Crippen LogP contribution in [0.15, 0.2) is 29.6 Å². The van der Waals surface area contributed by atoms with Gasteiger partial charge in [0.05, 0.1) is 12.1 Å². The van der Waals surface area contributed by atoms with E-state index in [2.05, 4.69) is 23.3 Å². The minimum absolute atomic E-state index is 0.120. The molecule has 0 bridgehead atoms. The van der Waals surface area contributed by atoms with E-state index in [1.165, 1.54) is 16.9 Å². The third-order valence-corrected chi connectivity index (χ3v) is 3.59. The molecule has 0 fully saturated rings. The van der Waals surface area contributed by atoms with Crippen LogP contribution in [-0.2, 0) is 17.6 Å². The minimum atomic E-state index is -0.793. The Kier molecular flexibility index (Phi) is 4.52. The fourth-order valence-corrected chi connectivity index (χ4v) is 2.54. The Labute approximate surface area is 116 Å². The number of para-hydroxylation sites is 1. The van der Waals surface area contributed by atoms with E-state index in [0.29, 0.717) is 6.42 Å². The number of hydrogen-bond acceptors (Lipinski definition) is 4. The van der Waals surface area contributed by atoms with Crippen molar-refractivity contribution in [2.24, 2.45) is 0 Å². The van der Waals surface area contributed by atoms with E-state index < -0.39 is 5.97 Å². The first-order chi connectivity index (χ1) is 9.19. The van der Waals surface area contributed by atoms with Crippen molar-refractivity contribution in [3.8, 4) is 0 Å². The third kappa shape index (κ3) is 3.79. The lowest BCUT2D eigenvalue weighted by Crippen LogP contribution is -1.98. The van der Waals surface area contributed by atoms with Crippen molar-refractivity contribution in [1.82, 2.24) is 4.98 Å². The lowest BCUT2D eigenvalue weighted by molar-refractivity contribution is -0.136. The molecule has 19 heavy (non-hydrogen) atoms. The molecule has 1 aromatic heterocycles. The zero-order valence-electron chi connectivity index (χ0n) is 10.7. The Morgan fingerprint density at radius 3 is 2.95 bits per heavy atom. The summed E-state index contributed by atoms with van der Waals surface area (Å²) in [5.41, 5.74) is 3.12. The van der Waals surface area contributed by atoms with E-state index >= 15 is 0 Å². The molecule has 0 saturated heterocycles. The van der Waals surface area contributed by atoms with E-state index in [9.17, 15) is 4.79 Å².